The van der Waals surface area contributed by atoms with Gasteiger partial charge in [-0.25, -0.2) is 0 Å². The van der Waals surface area contributed by atoms with Crippen molar-refractivity contribution in [2.24, 2.45) is 0 Å². The number of aryl methyl sites for hydroxylation is 2. The zero-order chi connectivity index (χ0) is 23.8. The van der Waals surface area contributed by atoms with Crippen molar-refractivity contribution in [3.05, 3.63) is 143 Å². The quantitative estimate of drug-likeness (QED) is 0.309. The van der Waals surface area contributed by atoms with Crippen LogP contribution in [0.5, 0.6) is 0 Å². The van der Waals surface area contributed by atoms with Crippen molar-refractivity contribution < 1.29 is 21.5 Å². The maximum Gasteiger partial charge on any atom is 0.194 e. The Kier molecular flexibility index (Phi) is 6.84. The molecule has 178 valence electrons. The third kappa shape index (κ3) is 4.40. The summed E-state index contributed by atoms with van der Waals surface area (Å²) in [5.41, 5.74) is 15.1. The Morgan fingerprint density at radius 3 is 2.03 bits per heavy atom. The smallest absolute Gasteiger partial charge is 0.194 e. The van der Waals surface area contributed by atoms with Gasteiger partial charge in [-0.1, -0.05) is 78.9 Å². The molecule has 0 unspecified atom stereocenters. The standard InChI is InChI=1S/C20H18N.C13H11N.BrH/c1-15-11-12-21(14-16-7-3-2-4-8-16)19-13-17-9-5-6-10-18(17)20(15)19;1-9-6-7-14-12-8-10-4-2-3-5-11(10)13(9)12;/h2-12H,13-14H2,1H3;2-7H,8H2,1H3;1H/q+1;;/p-1. The molecule has 2 aliphatic rings. The van der Waals surface area contributed by atoms with E-state index in [0.29, 0.717) is 0 Å². The lowest BCUT2D eigenvalue weighted by Gasteiger charge is -2.06. The molecule has 0 spiro atoms. The van der Waals surface area contributed by atoms with Gasteiger partial charge in [0.05, 0.1) is 17.7 Å². The zero-order valence-electron chi connectivity index (χ0n) is 20.7. The number of hydrogen-bond donors (Lipinski definition) is 0. The molecule has 2 aliphatic carbocycles. The third-order valence-electron chi connectivity index (χ3n) is 7.26. The van der Waals surface area contributed by atoms with Crippen molar-refractivity contribution >= 4 is 0 Å². The van der Waals surface area contributed by atoms with E-state index in [0.717, 1.165) is 19.4 Å². The molecule has 7 rings (SSSR count). The third-order valence-corrected chi connectivity index (χ3v) is 7.26. The Balaban J connectivity index is 0.000000155. The molecular weight excluding hydrogens is 504 g/mol. The summed E-state index contributed by atoms with van der Waals surface area (Å²) in [6.07, 6.45) is 6.17. The van der Waals surface area contributed by atoms with Gasteiger partial charge in [-0.05, 0) is 53.3 Å². The van der Waals surface area contributed by atoms with E-state index >= 15 is 0 Å². The molecule has 0 atom stereocenters. The van der Waals surface area contributed by atoms with Crippen molar-refractivity contribution in [1.29, 1.82) is 0 Å². The lowest BCUT2D eigenvalue weighted by atomic mass is 10.0. The summed E-state index contributed by atoms with van der Waals surface area (Å²) >= 11 is 0. The molecule has 0 aliphatic heterocycles. The summed E-state index contributed by atoms with van der Waals surface area (Å²) in [4.78, 5) is 4.43. The number of nitrogens with zero attached hydrogens (tertiary/aromatic N) is 2. The number of fused-ring (bicyclic) bond motifs is 6. The van der Waals surface area contributed by atoms with E-state index in [1.807, 2.05) is 6.20 Å². The van der Waals surface area contributed by atoms with E-state index in [-0.39, 0.29) is 17.0 Å². The molecule has 0 amide bonds. The fourth-order valence-electron chi connectivity index (χ4n) is 5.55. The van der Waals surface area contributed by atoms with Gasteiger partial charge < -0.3 is 17.0 Å². The molecule has 0 fully saturated rings. The summed E-state index contributed by atoms with van der Waals surface area (Å²) < 4.78 is 2.40. The van der Waals surface area contributed by atoms with Gasteiger partial charge in [0.1, 0.15) is 0 Å². The fraction of sp³-hybridized carbons (Fsp3) is 0.152. The SMILES string of the molecule is Cc1cc[n+](Cc2ccccc2)c2c1-c1ccccc1C2.Cc1ccnc2c1-c1ccccc1C2.[Br-]. The number of halogens is 1. The first-order valence-electron chi connectivity index (χ1n) is 12.4. The predicted molar refractivity (Wildman–Crippen MR) is 142 cm³/mol. The van der Waals surface area contributed by atoms with Gasteiger partial charge in [0, 0.05) is 29.8 Å². The van der Waals surface area contributed by atoms with Crippen molar-refractivity contribution in [3.8, 4) is 22.3 Å². The van der Waals surface area contributed by atoms with Crippen LogP contribution in [0.3, 0.4) is 0 Å². The summed E-state index contributed by atoms with van der Waals surface area (Å²) in [5.74, 6) is 0. The molecule has 0 radical (unpaired) electrons. The number of pyridine rings is 2. The van der Waals surface area contributed by atoms with E-state index in [2.05, 4.69) is 121 Å². The zero-order valence-corrected chi connectivity index (χ0v) is 22.3. The number of benzene rings is 3. The topological polar surface area (TPSA) is 16.8 Å². The van der Waals surface area contributed by atoms with Gasteiger partial charge in [0.15, 0.2) is 18.4 Å². The minimum atomic E-state index is 0. The van der Waals surface area contributed by atoms with E-state index in [4.69, 9.17) is 0 Å². The lowest BCUT2D eigenvalue weighted by Crippen LogP contribution is -3.00. The fourth-order valence-corrected chi connectivity index (χ4v) is 5.55. The van der Waals surface area contributed by atoms with Crippen LogP contribution >= 0.6 is 0 Å². The normalized spacial score (nSPS) is 11.8. The largest absolute Gasteiger partial charge is 1.00 e. The van der Waals surface area contributed by atoms with Crippen LogP contribution in [0.15, 0.2) is 103 Å². The Hall–Kier alpha value is -3.56. The van der Waals surface area contributed by atoms with Crippen LogP contribution in [0.1, 0.15) is 39.2 Å². The van der Waals surface area contributed by atoms with E-state index < -0.39 is 0 Å². The highest BCUT2D eigenvalue weighted by molar-refractivity contribution is 5.78. The molecule has 0 saturated heterocycles. The highest BCUT2D eigenvalue weighted by Gasteiger charge is 2.28. The van der Waals surface area contributed by atoms with Crippen molar-refractivity contribution in [1.82, 2.24) is 4.98 Å². The van der Waals surface area contributed by atoms with Crippen molar-refractivity contribution in [3.63, 3.8) is 0 Å². The Morgan fingerprint density at radius 2 is 1.28 bits per heavy atom. The van der Waals surface area contributed by atoms with Crippen LogP contribution in [-0.2, 0) is 19.4 Å². The van der Waals surface area contributed by atoms with Crippen LogP contribution < -0.4 is 21.5 Å². The van der Waals surface area contributed by atoms with Gasteiger partial charge >= 0.3 is 0 Å². The van der Waals surface area contributed by atoms with Crippen molar-refractivity contribution in [2.75, 3.05) is 0 Å². The average molecular weight is 534 g/mol. The molecule has 0 bridgehead atoms. The van der Waals surface area contributed by atoms with E-state index in [1.165, 1.54) is 61.5 Å². The van der Waals surface area contributed by atoms with Crippen molar-refractivity contribution in [2.45, 2.75) is 33.2 Å². The molecule has 3 aromatic carbocycles. The Labute approximate surface area is 224 Å². The van der Waals surface area contributed by atoms with Crippen LogP contribution in [0.25, 0.3) is 22.3 Å². The minimum absolute atomic E-state index is 0. The number of hydrogen-bond acceptors (Lipinski definition) is 1. The minimum Gasteiger partial charge on any atom is -1.00 e. The van der Waals surface area contributed by atoms with Gasteiger partial charge in [0.2, 0.25) is 0 Å². The van der Waals surface area contributed by atoms with Gasteiger partial charge in [-0.2, -0.15) is 4.57 Å². The molecule has 0 N–H and O–H groups in total. The summed E-state index contributed by atoms with van der Waals surface area (Å²) in [5, 5.41) is 0. The number of rotatable bonds is 2. The second-order valence-electron chi connectivity index (χ2n) is 9.55. The molecule has 36 heavy (non-hydrogen) atoms. The first kappa shape index (κ1) is 24.1. The highest BCUT2D eigenvalue weighted by atomic mass is 79.9. The lowest BCUT2D eigenvalue weighted by molar-refractivity contribution is -0.694. The van der Waals surface area contributed by atoms with E-state index in [9.17, 15) is 0 Å². The summed E-state index contributed by atoms with van der Waals surface area (Å²) in [6.45, 7) is 5.31. The molecule has 3 heteroatoms. The Morgan fingerprint density at radius 1 is 0.667 bits per heavy atom. The van der Waals surface area contributed by atoms with Crippen LogP contribution in [0, 0.1) is 13.8 Å². The average Bonchev–Trinajstić information content (AvgIpc) is 3.47. The second kappa shape index (κ2) is 10.2. The van der Waals surface area contributed by atoms with E-state index in [1.54, 1.807) is 0 Å². The maximum absolute atomic E-state index is 4.43. The Bertz CT molecular complexity index is 1540. The molecule has 5 aromatic rings. The molecule has 2 nitrogen and oxygen atoms in total. The molecular formula is C33H29BrN2. The second-order valence-corrected chi connectivity index (χ2v) is 9.55. The molecule has 2 aromatic heterocycles. The molecule has 0 saturated carbocycles. The monoisotopic (exact) mass is 532 g/mol. The summed E-state index contributed by atoms with van der Waals surface area (Å²) in [6, 6.07) is 32.4. The predicted octanol–water partition coefficient (Wildman–Crippen LogP) is 3.87. The van der Waals surface area contributed by atoms with Gasteiger partial charge in [-0.3, -0.25) is 4.98 Å². The van der Waals surface area contributed by atoms with Gasteiger partial charge in [0.25, 0.3) is 0 Å². The highest BCUT2D eigenvalue weighted by Crippen LogP contribution is 2.37. The first-order valence-corrected chi connectivity index (χ1v) is 12.4. The first-order chi connectivity index (χ1) is 17.2. The van der Waals surface area contributed by atoms with Crippen LogP contribution in [0.2, 0.25) is 0 Å². The molecule has 2 heterocycles. The van der Waals surface area contributed by atoms with Crippen LogP contribution in [-0.4, -0.2) is 4.98 Å². The van der Waals surface area contributed by atoms with Gasteiger partial charge in [-0.15, -0.1) is 0 Å². The van der Waals surface area contributed by atoms with Crippen LogP contribution in [0.4, 0.5) is 0 Å². The summed E-state index contributed by atoms with van der Waals surface area (Å²) in [7, 11) is 0. The number of aromatic nitrogens is 2. The maximum atomic E-state index is 4.43.